The molecule has 2 aromatic carbocycles. The average molecular weight is 345 g/mol. The second-order valence-corrected chi connectivity index (χ2v) is 5.91. The summed E-state index contributed by atoms with van der Waals surface area (Å²) in [6, 6.07) is 12.1. The van der Waals surface area contributed by atoms with Crippen molar-refractivity contribution in [3.63, 3.8) is 0 Å². The molecule has 1 aromatic heterocycles. The van der Waals surface area contributed by atoms with Crippen LogP contribution in [0.2, 0.25) is 0 Å². The molecular formula is C17H15NO5S. The van der Waals surface area contributed by atoms with Crippen molar-refractivity contribution in [3.8, 4) is 17.2 Å². The third kappa shape index (κ3) is 3.11. The first-order valence-corrected chi connectivity index (χ1v) is 7.95. The molecule has 24 heavy (non-hydrogen) atoms. The van der Waals surface area contributed by atoms with Crippen molar-refractivity contribution in [2.45, 2.75) is 6.54 Å². The van der Waals surface area contributed by atoms with Crippen LogP contribution in [0.15, 0.2) is 47.3 Å². The van der Waals surface area contributed by atoms with Crippen LogP contribution in [0.25, 0.3) is 10.2 Å². The third-order valence-electron chi connectivity index (χ3n) is 3.45. The summed E-state index contributed by atoms with van der Waals surface area (Å²) in [4.78, 5) is 24.0. The summed E-state index contributed by atoms with van der Waals surface area (Å²) in [5.41, 5.74) is 0.719. The minimum Gasteiger partial charge on any atom is -0.493 e. The molecule has 0 radical (unpaired) electrons. The van der Waals surface area contributed by atoms with Crippen LogP contribution >= 0.6 is 11.3 Å². The van der Waals surface area contributed by atoms with Gasteiger partial charge < -0.3 is 14.2 Å². The SMILES string of the molecule is COc1ccc(OC(=O)Cn2c(=O)sc3ccccc32)cc1OC. The fourth-order valence-corrected chi connectivity index (χ4v) is 3.23. The number of methoxy groups -OCH3 is 2. The van der Waals surface area contributed by atoms with Crippen LogP contribution in [0.4, 0.5) is 0 Å². The Morgan fingerprint density at radius 1 is 1.08 bits per heavy atom. The lowest BCUT2D eigenvalue weighted by molar-refractivity contribution is -0.135. The van der Waals surface area contributed by atoms with E-state index in [0.29, 0.717) is 17.2 Å². The molecule has 1 heterocycles. The van der Waals surface area contributed by atoms with Crippen molar-refractivity contribution < 1.29 is 19.0 Å². The summed E-state index contributed by atoms with van der Waals surface area (Å²) >= 11 is 1.10. The van der Waals surface area contributed by atoms with E-state index in [1.54, 1.807) is 24.3 Å². The molecule has 0 fully saturated rings. The zero-order valence-corrected chi connectivity index (χ0v) is 14.0. The number of esters is 1. The minimum atomic E-state index is -0.534. The van der Waals surface area contributed by atoms with Crippen LogP contribution in [0.5, 0.6) is 17.2 Å². The van der Waals surface area contributed by atoms with Gasteiger partial charge in [-0.2, -0.15) is 0 Å². The van der Waals surface area contributed by atoms with Crippen LogP contribution in [0.1, 0.15) is 0 Å². The Hall–Kier alpha value is -2.80. The van der Waals surface area contributed by atoms with Crippen LogP contribution in [0.3, 0.4) is 0 Å². The molecule has 0 unspecified atom stereocenters. The second-order valence-electron chi connectivity index (χ2n) is 4.91. The molecule has 0 saturated carbocycles. The van der Waals surface area contributed by atoms with Gasteiger partial charge in [0, 0.05) is 6.07 Å². The molecule has 124 valence electrons. The summed E-state index contributed by atoms with van der Waals surface area (Å²) in [7, 11) is 3.03. The molecule has 0 bridgehead atoms. The van der Waals surface area contributed by atoms with E-state index >= 15 is 0 Å². The number of fused-ring (bicyclic) bond motifs is 1. The Morgan fingerprint density at radius 3 is 2.58 bits per heavy atom. The topological polar surface area (TPSA) is 66.8 Å². The van der Waals surface area contributed by atoms with Crippen molar-refractivity contribution >= 4 is 27.5 Å². The van der Waals surface area contributed by atoms with Gasteiger partial charge in [0.25, 0.3) is 0 Å². The molecule has 3 aromatic rings. The van der Waals surface area contributed by atoms with E-state index in [-0.39, 0.29) is 11.4 Å². The monoisotopic (exact) mass is 345 g/mol. The highest BCUT2D eigenvalue weighted by Gasteiger charge is 2.14. The molecule has 0 spiro atoms. The predicted molar refractivity (Wildman–Crippen MR) is 91.3 cm³/mol. The van der Waals surface area contributed by atoms with E-state index in [4.69, 9.17) is 14.2 Å². The van der Waals surface area contributed by atoms with E-state index in [1.807, 2.05) is 18.2 Å². The average Bonchev–Trinajstić information content (AvgIpc) is 2.90. The Labute approximate surface area is 141 Å². The van der Waals surface area contributed by atoms with Gasteiger partial charge in [0.2, 0.25) is 0 Å². The van der Waals surface area contributed by atoms with Crippen LogP contribution in [-0.2, 0) is 11.3 Å². The molecule has 0 aliphatic carbocycles. The van der Waals surface area contributed by atoms with E-state index in [9.17, 15) is 9.59 Å². The smallest absolute Gasteiger partial charge is 0.331 e. The van der Waals surface area contributed by atoms with Crippen molar-refractivity contribution in [2.75, 3.05) is 14.2 Å². The highest BCUT2D eigenvalue weighted by molar-refractivity contribution is 7.16. The summed E-state index contributed by atoms with van der Waals surface area (Å²) in [6.45, 7) is -0.156. The number of thiazole rings is 1. The molecule has 0 saturated heterocycles. The fourth-order valence-electron chi connectivity index (χ4n) is 2.34. The van der Waals surface area contributed by atoms with Gasteiger partial charge in [0.15, 0.2) is 11.5 Å². The summed E-state index contributed by atoms with van der Waals surface area (Å²) in [5, 5.41) is 0. The van der Waals surface area contributed by atoms with Gasteiger partial charge in [-0.1, -0.05) is 23.5 Å². The number of aromatic nitrogens is 1. The summed E-state index contributed by atoms with van der Waals surface area (Å²) < 4.78 is 17.9. The summed E-state index contributed by atoms with van der Waals surface area (Å²) in [6.07, 6.45) is 0. The van der Waals surface area contributed by atoms with Crippen LogP contribution in [-0.4, -0.2) is 24.8 Å². The number of hydrogen-bond donors (Lipinski definition) is 0. The van der Waals surface area contributed by atoms with Gasteiger partial charge in [-0.05, 0) is 24.3 Å². The first-order valence-electron chi connectivity index (χ1n) is 7.13. The number of carbonyl (C=O) groups is 1. The molecular weight excluding hydrogens is 330 g/mol. The number of benzene rings is 2. The van der Waals surface area contributed by atoms with Crippen molar-refractivity contribution in [1.29, 1.82) is 0 Å². The molecule has 6 nitrogen and oxygen atoms in total. The largest absolute Gasteiger partial charge is 0.493 e. The lowest BCUT2D eigenvalue weighted by atomic mass is 10.3. The van der Waals surface area contributed by atoms with E-state index in [0.717, 1.165) is 21.6 Å². The number of nitrogens with zero attached hydrogens (tertiary/aromatic N) is 1. The quantitative estimate of drug-likeness (QED) is 0.525. The first-order chi connectivity index (χ1) is 11.6. The van der Waals surface area contributed by atoms with E-state index < -0.39 is 5.97 Å². The lowest BCUT2D eigenvalue weighted by Crippen LogP contribution is -2.22. The first kappa shape index (κ1) is 16.1. The van der Waals surface area contributed by atoms with Crippen LogP contribution < -0.4 is 19.1 Å². The molecule has 0 N–H and O–H groups in total. The molecule has 0 atom stereocenters. The van der Waals surface area contributed by atoms with Gasteiger partial charge in [-0.15, -0.1) is 0 Å². The highest BCUT2D eigenvalue weighted by atomic mass is 32.1. The number of hydrogen-bond acceptors (Lipinski definition) is 6. The minimum absolute atomic E-state index is 0.156. The van der Waals surface area contributed by atoms with Crippen LogP contribution in [0, 0.1) is 0 Å². The van der Waals surface area contributed by atoms with Gasteiger partial charge in [-0.25, -0.2) is 4.79 Å². The van der Waals surface area contributed by atoms with Gasteiger partial charge >= 0.3 is 10.8 Å². The van der Waals surface area contributed by atoms with E-state index in [1.165, 1.54) is 18.8 Å². The van der Waals surface area contributed by atoms with Crippen molar-refractivity contribution in [1.82, 2.24) is 4.57 Å². The molecule has 0 aliphatic heterocycles. The third-order valence-corrected chi connectivity index (χ3v) is 4.41. The highest BCUT2D eigenvalue weighted by Crippen LogP contribution is 2.31. The molecule has 7 heteroatoms. The molecule has 0 aliphatic rings. The lowest BCUT2D eigenvalue weighted by Gasteiger charge is -2.10. The fraction of sp³-hybridized carbons (Fsp3) is 0.176. The maximum atomic E-state index is 12.2. The van der Waals surface area contributed by atoms with Gasteiger partial charge in [-0.3, -0.25) is 9.36 Å². The predicted octanol–water partition coefficient (Wildman–Crippen LogP) is 2.69. The number of para-hydroxylation sites is 1. The second kappa shape index (κ2) is 6.76. The van der Waals surface area contributed by atoms with E-state index in [2.05, 4.69) is 0 Å². The zero-order valence-electron chi connectivity index (χ0n) is 13.1. The van der Waals surface area contributed by atoms with Crippen molar-refractivity contribution in [3.05, 3.63) is 52.1 Å². The normalized spacial score (nSPS) is 10.6. The van der Waals surface area contributed by atoms with Gasteiger partial charge in [0.05, 0.1) is 24.4 Å². The number of carbonyl (C=O) groups excluding carboxylic acids is 1. The zero-order chi connectivity index (χ0) is 17.1. The standard InChI is InChI=1S/C17H15NO5S/c1-21-13-8-7-11(9-14(13)22-2)23-16(19)10-18-12-5-3-4-6-15(12)24-17(18)20/h3-9H,10H2,1-2H3. The molecule has 0 amide bonds. The molecule has 3 rings (SSSR count). The maximum absolute atomic E-state index is 12.2. The maximum Gasteiger partial charge on any atom is 0.331 e. The van der Waals surface area contributed by atoms with Gasteiger partial charge in [0.1, 0.15) is 12.3 Å². The number of rotatable bonds is 5. The van der Waals surface area contributed by atoms with Crippen molar-refractivity contribution in [2.24, 2.45) is 0 Å². The Balaban J connectivity index is 1.80. The number of ether oxygens (including phenoxy) is 3. The Kier molecular flexibility index (Phi) is 4.52. The Bertz CT molecular complexity index is 944. The summed E-state index contributed by atoms with van der Waals surface area (Å²) in [5.74, 6) is 0.788. The Morgan fingerprint density at radius 2 is 1.83 bits per heavy atom.